The van der Waals surface area contributed by atoms with E-state index in [0.29, 0.717) is 23.4 Å². The zero-order valence-corrected chi connectivity index (χ0v) is 25.0. The third kappa shape index (κ3) is 8.98. The minimum Gasteiger partial charge on any atom is -0.465 e. The van der Waals surface area contributed by atoms with Gasteiger partial charge in [0.2, 0.25) is 11.8 Å². The van der Waals surface area contributed by atoms with Crippen molar-refractivity contribution in [1.82, 2.24) is 34.3 Å². The number of carbonyl (C=O) groups is 3. The topological polar surface area (TPSA) is 166 Å². The van der Waals surface area contributed by atoms with E-state index >= 15 is 0 Å². The molecule has 0 radical (unpaired) electrons. The molecule has 42 heavy (non-hydrogen) atoms. The first-order valence-electron chi connectivity index (χ1n) is 13.8. The van der Waals surface area contributed by atoms with Gasteiger partial charge >= 0.3 is 6.09 Å². The van der Waals surface area contributed by atoms with Gasteiger partial charge in [-0.25, -0.2) is 19.7 Å². The Balaban J connectivity index is 1.76. The van der Waals surface area contributed by atoms with Crippen LogP contribution in [0.1, 0.15) is 51.6 Å². The Bertz CT molecular complexity index is 1500. The van der Waals surface area contributed by atoms with Gasteiger partial charge in [-0.05, 0) is 49.3 Å². The molecular formula is C29H40N8O5. The van der Waals surface area contributed by atoms with Crippen LogP contribution in [0.3, 0.4) is 0 Å². The highest BCUT2D eigenvalue weighted by atomic mass is 16.4. The number of carbonyl (C=O) groups excluding carboxylic acids is 2. The third-order valence-electron chi connectivity index (χ3n) is 6.69. The van der Waals surface area contributed by atoms with Gasteiger partial charge in [-0.2, -0.15) is 0 Å². The van der Waals surface area contributed by atoms with Crippen LogP contribution in [0.4, 0.5) is 10.5 Å². The molecule has 3 N–H and O–H groups in total. The summed E-state index contributed by atoms with van der Waals surface area (Å²) in [6, 6.07) is 3.14. The average Bonchev–Trinajstić information content (AvgIpc) is 3.33. The number of hydrogen-bond acceptors (Lipinski definition) is 7. The standard InChI is InChI=1S/C29H40N8O5/c1-29(2,3)14-13-20-24-25(31-18-30-20)34-22(33-24)17-37-15-9-11-21(27(37)40)32-26(39)19(16-36(6)28(41)42)10-7-8-12-23(38)35(4)5/h8-9,11-12,15,18-19H,7,10,13-14,16-17H2,1-6H3,(H,32,39)(H,41,42)(H,30,31,33,34)/b12-8+/t19-/m0/s1. The molecule has 0 fully saturated rings. The number of nitrogens with one attached hydrogen (secondary N) is 2. The SMILES string of the molecule is CN(C)C(=O)/C=C/CC[C@@H](CN(C)C(=O)O)C(=O)Nc1cccn(Cc2nc3c(CCC(C)(C)C)ncnc3[nH]2)c1=O. The Morgan fingerprint density at radius 2 is 1.93 bits per heavy atom. The monoisotopic (exact) mass is 580 g/mol. The molecule has 3 aromatic rings. The van der Waals surface area contributed by atoms with Crippen molar-refractivity contribution in [3.8, 4) is 0 Å². The van der Waals surface area contributed by atoms with Gasteiger partial charge in [0.25, 0.3) is 5.56 Å². The van der Waals surface area contributed by atoms with Crippen LogP contribution in [-0.2, 0) is 22.6 Å². The highest BCUT2D eigenvalue weighted by Gasteiger charge is 2.23. The van der Waals surface area contributed by atoms with E-state index in [2.05, 4.69) is 46.0 Å². The second-order valence-electron chi connectivity index (χ2n) is 11.7. The van der Waals surface area contributed by atoms with Crippen molar-refractivity contribution < 1.29 is 19.5 Å². The van der Waals surface area contributed by atoms with Crippen molar-refractivity contribution in [2.75, 3.05) is 33.0 Å². The summed E-state index contributed by atoms with van der Waals surface area (Å²) in [7, 11) is 4.63. The van der Waals surface area contributed by atoms with Gasteiger partial charge in [-0.3, -0.25) is 14.4 Å². The molecule has 1 atom stereocenters. The number of fused-ring (bicyclic) bond motifs is 1. The fourth-order valence-corrected chi connectivity index (χ4v) is 4.17. The van der Waals surface area contributed by atoms with Gasteiger partial charge in [-0.1, -0.05) is 26.8 Å². The minimum absolute atomic E-state index is 0.0607. The maximum absolute atomic E-state index is 13.3. The predicted molar refractivity (Wildman–Crippen MR) is 159 cm³/mol. The van der Waals surface area contributed by atoms with Crippen LogP contribution in [0.2, 0.25) is 0 Å². The molecule has 0 saturated carbocycles. The Hall–Kier alpha value is -4.55. The van der Waals surface area contributed by atoms with E-state index in [9.17, 15) is 24.3 Å². The van der Waals surface area contributed by atoms with Crippen LogP contribution in [0.25, 0.3) is 11.2 Å². The highest BCUT2D eigenvalue weighted by molar-refractivity contribution is 5.92. The summed E-state index contributed by atoms with van der Waals surface area (Å²) in [5, 5.41) is 12.0. The number of likely N-dealkylation sites (N-methyl/N-ethyl adjacent to an activating group) is 1. The number of H-pyrrole nitrogens is 1. The highest BCUT2D eigenvalue weighted by Crippen LogP contribution is 2.23. The Morgan fingerprint density at radius 1 is 1.19 bits per heavy atom. The summed E-state index contributed by atoms with van der Waals surface area (Å²) in [4.78, 5) is 68.6. The maximum atomic E-state index is 13.3. The zero-order chi connectivity index (χ0) is 31.0. The second kappa shape index (κ2) is 13.9. The number of allylic oxidation sites excluding steroid dienone is 1. The number of rotatable bonds is 12. The number of amides is 3. The van der Waals surface area contributed by atoms with Gasteiger partial charge in [0.15, 0.2) is 5.65 Å². The smallest absolute Gasteiger partial charge is 0.407 e. The maximum Gasteiger partial charge on any atom is 0.407 e. The Kier molecular flexibility index (Phi) is 10.6. The number of aryl methyl sites for hydroxylation is 1. The number of pyridine rings is 1. The summed E-state index contributed by atoms with van der Waals surface area (Å²) in [5.74, 6) is -0.916. The van der Waals surface area contributed by atoms with Crippen LogP contribution in [-0.4, -0.2) is 85.0 Å². The fraction of sp³-hybridized carbons (Fsp3) is 0.483. The van der Waals surface area contributed by atoms with Crippen molar-refractivity contribution in [3.05, 3.63) is 58.7 Å². The Labute approximate surface area is 244 Å². The van der Waals surface area contributed by atoms with Crippen molar-refractivity contribution in [3.63, 3.8) is 0 Å². The second-order valence-corrected chi connectivity index (χ2v) is 11.7. The number of carboxylic acid groups (broad SMARTS) is 1. The molecule has 13 nitrogen and oxygen atoms in total. The quantitative estimate of drug-likeness (QED) is 0.275. The normalized spacial score (nSPS) is 12.4. The predicted octanol–water partition coefficient (Wildman–Crippen LogP) is 3.13. The lowest BCUT2D eigenvalue weighted by atomic mass is 9.90. The molecule has 0 bridgehead atoms. The number of hydrogen-bond donors (Lipinski definition) is 3. The fourth-order valence-electron chi connectivity index (χ4n) is 4.17. The molecule has 3 rings (SSSR count). The lowest BCUT2D eigenvalue weighted by Gasteiger charge is -2.21. The van der Waals surface area contributed by atoms with E-state index in [0.717, 1.165) is 23.4 Å². The van der Waals surface area contributed by atoms with Crippen LogP contribution in [0.15, 0.2) is 41.6 Å². The zero-order valence-electron chi connectivity index (χ0n) is 25.0. The van der Waals surface area contributed by atoms with Gasteiger partial charge in [0.1, 0.15) is 23.4 Å². The molecule has 226 valence electrons. The Morgan fingerprint density at radius 3 is 2.60 bits per heavy atom. The van der Waals surface area contributed by atoms with Gasteiger partial charge < -0.3 is 29.8 Å². The van der Waals surface area contributed by atoms with Crippen LogP contribution >= 0.6 is 0 Å². The van der Waals surface area contributed by atoms with E-state index in [1.807, 2.05) is 0 Å². The largest absolute Gasteiger partial charge is 0.465 e. The summed E-state index contributed by atoms with van der Waals surface area (Å²) in [6.07, 6.45) is 7.29. The van der Waals surface area contributed by atoms with Gasteiger partial charge in [-0.15, -0.1) is 0 Å². The van der Waals surface area contributed by atoms with Gasteiger partial charge in [0.05, 0.1) is 18.2 Å². The molecule has 0 aliphatic carbocycles. The summed E-state index contributed by atoms with van der Waals surface area (Å²) >= 11 is 0. The van der Waals surface area contributed by atoms with E-state index in [-0.39, 0.29) is 36.5 Å². The lowest BCUT2D eigenvalue weighted by molar-refractivity contribution is -0.123. The van der Waals surface area contributed by atoms with Gasteiger partial charge in [0, 0.05) is 33.9 Å². The summed E-state index contributed by atoms with van der Waals surface area (Å²) in [6.45, 7) is 6.54. The van der Waals surface area contributed by atoms with Crippen molar-refractivity contribution in [2.24, 2.45) is 11.3 Å². The van der Waals surface area contributed by atoms with E-state index in [4.69, 9.17) is 0 Å². The average molecular weight is 581 g/mol. The molecule has 0 spiro atoms. The number of nitrogens with zero attached hydrogens (tertiary/aromatic N) is 6. The number of imidazole rings is 1. The lowest BCUT2D eigenvalue weighted by Crippen LogP contribution is -2.37. The minimum atomic E-state index is -1.18. The van der Waals surface area contributed by atoms with Crippen molar-refractivity contribution in [1.29, 1.82) is 0 Å². The number of anilines is 1. The summed E-state index contributed by atoms with van der Waals surface area (Å²) in [5.41, 5.74) is 1.86. The van der Waals surface area contributed by atoms with Crippen LogP contribution < -0.4 is 10.9 Å². The molecule has 0 aliphatic heterocycles. The van der Waals surface area contributed by atoms with Crippen LogP contribution in [0.5, 0.6) is 0 Å². The number of aromatic nitrogens is 5. The van der Waals surface area contributed by atoms with E-state index in [1.54, 1.807) is 32.4 Å². The molecule has 0 aliphatic rings. The van der Waals surface area contributed by atoms with E-state index in [1.165, 1.54) is 35.0 Å². The molecule has 0 aromatic carbocycles. The first-order valence-corrected chi connectivity index (χ1v) is 13.8. The molecular weight excluding hydrogens is 540 g/mol. The van der Waals surface area contributed by atoms with Crippen molar-refractivity contribution in [2.45, 2.75) is 53.0 Å². The number of aromatic amines is 1. The molecule has 3 amide bonds. The van der Waals surface area contributed by atoms with Crippen LogP contribution in [0, 0.1) is 11.3 Å². The molecule has 3 heterocycles. The van der Waals surface area contributed by atoms with E-state index < -0.39 is 23.5 Å². The molecule has 0 saturated heterocycles. The third-order valence-corrected chi connectivity index (χ3v) is 6.69. The first kappa shape index (κ1) is 32.0. The molecule has 0 unspecified atom stereocenters. The molecule has 13 heteroatoms. The van der Waals surface area contributed by atoms with Crippen molar-refractivity contribution >= 4 is 34.8 Å². The summed E-state index contributed by atoms with van der Waals surface area (Å²) < 4.78 is 1.42. The molecule has 3 aromatic heterocycles. The first-order chi connectivity index (χ1) is 19.7.